The van der Waals surface area contributed by atoms with E-state index in [9.17, 15) is 0 Å². The summed E-state index contributed by atoms with van der Waals surface area (Å²) < 4.78 is 0. The molecule has 0 radical (unpaired) electrons. The van der Waals surface area contributed by atoms with Gasteiger partial charge in [0.1, 0.15) is 0 Å². The highest BCUT2D eigenvalue weighted by Crippen LogP contribution is 2.68. The number of hydrogen-bond acceptors (Lipinski definition) is 3. The largest absolute Gasteiger partial charge is 0.208 e. The minimum Gasteiger partial charge on any atom is -0.208 e. The predicted octanol–water partition coefficient (Wildman–Crippen LogP) is 15.4. The summed E-state index contributed by atoms with van der Waals surface area (Å²) in [6.07, 6.45) is 6.41. The van der Waals surface area contributed by atoms with Gasteiger partial charge in [0.15, 0.2) is 17.5 Å². The molecule has 3 heteroatoms. The van der Waals surface area contributed by atoms with Crippen molar-refractivity contribution in [3.8, 4) is 67.5 Å². The van der Waals surface area contributed by atoms with Gasteiger partial charge in [-0.1, -0.05) is 231 Å². The van der Waals surface area contributed by atoms with E-state index in [2.05, 4.69) is 202 Å². The highest BCUT2D eigenvalue weighted by Gasteiger charge is 2.58. The molecule has 3 aliphatic rings. The molecule has 2 spiro atoms. The smallest absolute Gasteiger partial charge is 0.164 e. The summed E-state index contributed by atoms with van der Waals surface area (Å²) >= 11 is 0. The zero-order chi connectivity index (χ0) is 44.7. The minimum absolute atomic E-state index is 0.493. The third-order valence-electron chi connectivity index (χ3n) is 14.7. The summed E-state index contributed by atoms with van der Waals surface area (Å²) in [5.74, 6) is 1.92. The Hall–Kier alpha value is -8.53. The van der Waals surface area contributed by atoms with Crippen LogP contribution in [0.4, 0.5) is 0 Å². The molecule has 0 saturated carbocycles. The number of aromatic nitrogens is 3. The van der Waals surface area contributed by atoms with Crippen molar-refractivity contribution in [1.82, 2.24) is 15.0 Å². The van der Waals surface area contributed by atoms with Crippen molar-refractivity contribution in [2.75, 3.05) is 0 Å². The molecule has 1 aromatic heterocycles. The molecule has 1 unspecified atom stereocenters. The first kappa shape index (κ1) is 38.9. The Morgan fingerprint density at radius 2 is 0.791 bits per heavy atom. The summed E-state index contributed by atoms with van der Waals surface area (Å²) in [7, 11) is 0. The molecule has 0 fully saturated rings. The number of rotatable bonds is 6. The summed E-state index contributed by atoms with van der Waals surface area (Å²) in [5.41, 5.74) is 19.6. The van der Waals surface area contributed by atoms with E-state index < -0.39 is 10.8 Å². The lowest BCUT2D eigenvalue weighted by Crippen LogP contribution is -2.43. The quantitative estimate of drug-likeness (QED) is 0.156. The first-order chi connectivity index (χ1) is 33.1. The van der Waals surface area contributed by atoms with Gasteiger partial charge in [-0.2, -0.15) is 0 Å². The minimum atomic E-state index is -0.623. The van der Waals surface area contributed by atoms with Gasteiger partial charge in [-0.3, -0.25) is 0 Å². The molecule has 0 saturated heterocycles. The number of allylic oxidation sites excluding steroid dienone is 5. The SMILES string of the molecule is C=C/C=C\C1=C(C)C2(c3ccccc3-c3ccccc32)c2ccccc2C12c1ccccc1-c1c(-c3ccc(-c4nc(-c5ccccc5)nc(-c5ccccc5)n4)c4ccccc34)cccc12. The molecule has 3 nitrogen and oxygen atoms in total. The van der Waals surface area contributed by atoms with Crippen molar-refractivity contribution in [2.24, 2.45) is 0 Å². The van der Waals surface area contributed by atoms with E-state index in [0.29, 0.717) is 17.5 Å². The predicted molar refractivity (Wildman–Crippen MR) is 275 cm³/mol. The van der Waals surface area contributed by atoms with Crippen LogP contribution >= 0.6 is 0 Å². The molecular formula is C64H43N3. The van der Waals surface area contributed by atoms with Crippen LogP contribution in [0.3, 0.4) is 0 Å². The second-order valence-electron chi connectivity index (χ2n) is 17.8. The molecule has 13 rings (SSSR count). The van der Waals surface area contributed by atoms with Crippen molar-refractivity contribution in [3.63, 3.8) is 0 Å². The van der Waals surface area contributed by atoms with Crippen molar-refractivity contribution in [2.45, 2.75) is 17.8 Å². The molecular weight excluding hydrogens is 811 g/mol. The van der Waals surface area contributed by atoms with Gasteiger partial charge >= 0.3 is 0 Å². The molecule has 1 atom stereocenters. The van der Waals surface area contributed by atoms with Gasteiger partial charge < -0.3 is 0 Å². The van der Waals surface area contributed by atoms with E-state index in [4.69, 9.17) is 15.0 Å². The van der Waals surface area contributed by atoms with E-state index in [0.717, 1.165) is 33.0 Å². The Bertz CT molecular complexity index is 3630. The molecule has 0 amide bonds. The molecule has 10 aromatic rings. The van der Waals surface area contributed by atoms with E-state index >= 15 is 0 Å². The first-order valence-corrected chi connectivity index (χ1v) is 23.1. The third kappa shape index (κ3) is 5.37. The maximum atomic E-state index is 5.18. The van der Waals surface area contributed by atoms with E-state index in [-0.39, 0.29) is 0 Å². The number of nitrogens with zero attached hydrogens (tertiary/aromatic N) is 3. The van der Waals surface area contributed by atoms with Crippen LogP contribution < -0.4 is 0 Å². The van der Waals surface area contributed by atoms with Crippen molar-refractivity contribution in [3.05, 3.63) is 282 Å². The number of benzene rings is 9. The normalized spacial score (nSPS) is 16.0. The third-order valence-corrected chi connectivity index (χ3v) is 14.7. The van der Waals surface area contributed by atoms with Crippen LogP contribution in [0.15, 0.2) is 248 Å². The Balaban J connectivity index is 1.08. The summed E-state index contributed by atoms with van der Waals surface area (Å²) in [6.45, 7) is 6.60. The average molecular weight is 854 g/mol. The monoisotopic (exact) mass is 853 g/mol. The summed E-state index contributed by atoms with van der Waals surface area (Å²) in [4.78, 5) is 15.4. The first-order valence-electron chi connectivity index (χ1n) is 23.1. The van der Waals surface area contributed by atoms with Crippen molar-refractivity contribution >= 4 is 10.8 Å². The van der Waals surface area contributed by atoms with Gasteiger partial charge in [0.2, 0.25) is 0 Å². The van der Waals surface area contributed by atoms with E-state index in [1.165, 1.54) is 72.3 Å². The molecule has 0 aliphatic heterocycles. The zero-order valence-electron chi connectivity index (χ0n) is 37.0. The molecule has 1 heterocycles. The van der Waals surface area contributed by atoms with Crippen LogP contribution in [-0.2, 0) is 10.8 Å². The fourth-order valence-corrected chi connectivity index (χ4v) is 12.1. The molecule has 314 valence electrons. The second-order valence-corrected chi connectivity index (χ2v) is 17.8. The van der Waals surface area contributed by atoms with Crippen molar-refractivity contribution < 1.29 is 0 Å². The fourth-order valence-electron chi connectivity index (χ4n) is 12.1. The van der Waals surface area contributed by atoms with Gasteiger partial charge in [0.25, 0.3) is 0 Å². The molecule has 9 aromatic carbocycles. The van der Waals surface area contributed by atoms with Gasteiger partial charge in [-0.25, -0.2) is 15.0 Å². The lowest BCUT2D eigenvalue weighted by Gasteiger charge is -2.49. The van der Waals surface area contributed by atoms with Crippen LogP contribution in [0.25, 0.3) is 78.3 Å². The van der Waals surface area contributed by atoms with Crippen LogP contribution in [0.5, 0.6) is 0 Å². The van der Waals surface area contributed by atoms with Gasteiger partial charge in [-0.15, -0.1) is 0 Å². The fraction of sp³-hybridized carbons (Fsp3) is 0.0469. The lowest BCUT2D eigenvalue weighted by atomic mass is 9.52. The molecule has 0 bridgehead atoms. The highest BCUT2D eigenvalue weighted by molar-refractivity contribution is 6.08. The molecule has 0 N–H and O–H groups in total. The summed E-state index contributed by atoms with van der Waals surface area (Å²) in [5, 5.41) is 2.21. The Kier molecular flexibility index (Phi) is 8.72. The van der Waals surface area contributed by atoms with Crippen LogP contribution in [-0.4, -0.2) is 15.0 Å². The van der Waals surface area contributed by atoms with Crippen LogP contribution in [0, 0.1) is 0 Å². The lowest BCUT2D eigenvalue weighted by molar-refractivity contribution is 0.623. The number of hydrogen-bond donors (Lipinski definition) is 0. The Morgan fingerprint density at radius 1 is 0.358 bits per heavy atom. The number of fused-ring (bicyclic) bond motifs is 14. The standard InChI is InChI=1S/C64H43N3/c1-3-4-32-52-41(2)63(53-33-16-13-28-47(53)48-29-14-17-34-54(48)63)56-36-19-20-37-57(56)64(52)55-35-18-15-30-51(55)59-49(31-21-38-58(59)64)46-39-40-50(45-27-12-11-26-44(45)46)62-66-60(42-22-7-5-8-23-42)65-61(67-62)43-24-9-6-10-25-43/h3-40H,1H2,2H3/b32-4-. The molecule has 67 heavy (non-hydrogen) atoms. The van der Waals surface area contributed by atoms with E-state index in [1.807, 2.05) is 42.5 Å². The maximum Gasteiger partial charge on any atom is 0.164 e. The van der Waals surface area contributed by atoms with Crippen LogP contribution in [0.1, 0.15) is 40.3 Å². The highest BCUT2D eigenvalue weighted by atomic mass is 15.0. The van der Waals surface area contributed by atoms with Crippen LogP contribution in [0.2, 0.25) is 0 Å². The Morgan fingerprint density at radius 3 is 1.39 bits per heavy atom. The maximum absolute atomic E-state index is 5.18. The zero-order valence-corrected chi connectivity index (χ0v) is 37.0. The van der Waals surface area contributed by atoms with Gasteiger partial charge in [0.05, 0.1) is 10.8 Å². The summed E-state index contributed by atoms with van der Waals surface area (Å²) in [6, 6.07) is 77.0. The second kappa shape index (κ2) is 15.0. The van der Waals surface area contributed by atoms with Gasteiger partial charge in [-0.05, 0) is 102 Å². The van der Waals surface area contributed by atoms with Crippen molar-refractivity contribution in [1.29, 1.82) is 0 Å². The topological polar surface area (TPSA) is 38.7 Å². The Labute approximate surface area is 390 Å². The average Bonchev–Trinajstić information content (AvgIpc) is 3.87. The van der Waals surface area contributed by atoms with Gasteiger partial charge in [0, 0.05) is 16.7 Å². The van der Waals surface area contributed by atoms with E-state index in [1.54, 1.807) is 0 Å². The molecule has 3 aliphatic carbocycles.